The van der Waals surface area contributed by atoms with Crippen molar-refractivity contribution in [3.63, 3.8) is 0 Å². The van der Waals surface area contributed by atoms with Gasteiger partial charge in [-0.3, -0.25) is 14.2 Å². The highest BCUT2D eigenvalue weighted by Crippen LogP contribution is 2.28. The van der Waals surface area contributed by atoms with E-state index in [2.05, 4.69) is 21.1 Å². The van der Waals surface area contributed by atoms with E-state index in [1.54, 1.807) is 5.48 Å². The fraction of sp³-hybridized carbons (Fsp3) is 0.429. The maximum absolute atomic E-state index is 11.9. The Labute approximate surface area is 139 Å². The molecule has 1 aliphatic heterocycles. The standard InChI is InChI=1S/C14H17BrN2O4S/c1-14(22(2)20,13(18)16-19)8-11-7-12(17-21-11)9-3-5-10(15)6-4-9/h3-6,11,19H,7-8H2,1-2H3,(H,16,18). The molecule has 1 heterocycles. The first-order chi connectivity index (χ1) is 10.4. The topological polar surface area (TPSA) is 88.0 Å². The molecule has 0 spiro atoms. The van der Waals surface area contributed by atoms with Crippen LogP contribution in [0, 0.1) is 0 Å². The normalized spacial score (nSPS) is 21.5. The Bertz CT molecular complexity index is 620. The van der Waals surface area contributed by atoms with Gasteiger partial charge >= 0.3 is 0 Å². The van der Waals surface area contributed by atoms with Crippen molar-refractivity contribution in [3.05, 3.63) is 34.3 Å². The molecule has 1 amide bonds. The van der Waals surface area contributed by atoms with Crippen LogP contribution in [0.1, 0.15) is 25.3 Å². The Morgan fingerprint density at radius 3 is 2.73 bits per heavy atom. The van der Waals surface area contributed by atoms with Gasteiger partial charge in [0, 0.05) is 34.4 Å². The minimum absolute atomic E-state index is 0.200. The summed E-state index contributed by atoms with van der Waals surface area (Å²) in [4.78, 5) is 17.2. The zero-order chi connectivity index (χ0) is 16.3. The lowest BCUT2D eigenvalue weighted by Gasteiger charge is -2.26. The van der Waals surface area contributed by atoms with Gasteiger partial charge in [0.25, 0.3) is 5.91 Å². The molecule has 0 radical (unpaired) electrons. The predicted molar refractivity (Wildman–Crippen MR) is 87.2 cm³/mol. The monoisotopic (exact) mass is 388 g/mol. The molecular formula is C14H17BrN2O4S. The second-order valence-corrected chi connectivity index (χ2v) is 8.03. The Morgan fingerprint density at radius 1 is 1.55 bits per heavy atom. The van der Waals surface area contributed by atoms with E-state index >= 15 is 0 Å². The third-order valence-corrected chi connectivity index (χ3v) is 5.89. The molecule has 22 heavy (non-hydrogen) atoms. The summed E-state index contributed by atoms with van der Waals surface area (Å²) in [5.74, 6) is -0.686. The molecule has 2 N–H and O–H groups in total. The quantitative estimate of drug-likeness (QED) is 0.596. The average Bonchev–Trinajstić information content (AvgIpc) is 2.95. The Balaban J connectivity index is 2.07. The summed E-state index contributed by atoms with van der Waals surface area (Å²) in [6.07, 6.45) is 1.80. The van der Waals surface area contributed by atoms with Crippen LogP contribution in [0.15, 0.2) is 33.9 Å². The second-order valence-electron chi connectivity index (χ2n) is 5.31. The van der Waals surface area contributed by atoms with Crippen LogP contribution in [0.3, 0.4) is 0 Å². The number of benzene rings is 1. The molecule has 0 aromatic heterocycles. The van der Waals surface area contributed by atoms with E-state index in [0.717, 1.165) is 15.7 Å². The molecule has 0 saturated carbocycles. The zero-order valence-electron chi connectivity index (χ0n) is 12.2. The highest BCUT2D eigenvalue weighted by atomic mass is 79.9. The Hall–Kier alpha value is -1.25. The number of oxime groups is 1. The molecule has 3 atom stereocenters. The Morgan fingerprint density at radius 2 is 2.18 bits per heavy atom. The van der Waals surface area contributed by atoms with E-state index < -0.39 is 21.5 Å². The molecule has 6 nitrogen and oxygen atoms in total. The lowest BCUT2D eigenvalue weighted by molar-refractivity contribution is -0.132. The highest BCUT2D eigenvalue weighted by Gasteiger charge is 2.42. The van der Waals surface area contributed by atoms with Gasteiger partial charge in [0.2, 0.25) is 0 Å². The largest absolute Gasteiger partial charge is 0.392 e. The number of rotatable bonds is 5. The fourth-order valence-corrected chi connectivity index (χ4v) is 3.24. The van der Waals surface area contributed by atoms with Gasteiger partial charge in [0.1, 0.15) is 10.9 Å². The van der Waals surface area contributed by atoms with Crippen molar-refractivity contribution in [1.82, 2.24) is 5.48 Å². The van der Waals surface area contributed by atoms with Gasteiger partial charge in [-0.15, -0.1) is 0 Å². The first-order valence-corrected chi connectivity index (χ1v) is 8.98. The molecule has 1 aromatic rings. The molecule has 0 aliphatic carbocycles. The van der Waals surface area contributed by atoms with Crippen LogP contribution in [0.5, 0.6) is 0 Å². The van der Waals surface area contributed by atoms with E-state index in [-0.39, 0.29) is 12.5 Å². The predicted octanol–water partition coefficient (Wildman–Crippen LogP) is 1.97. The summed E-state index contributed by atoms with van der Waals surface area (Å²) >= 11 is 3.37. The number of carbonyl (C=O) groups excluding carboxylic acids is 1. The van der Waals surface area contributed by atoms with Crippen molar-refractivity contribution in [2.24, 2.45) is 5.16 Å². The number of nitrogens with one attached hydrogen (secondary N) is 1. The van der Waals surface area contributed by atoms with Gasteiger partial charge in [0.05, 0.1) is 5.71 Å². The van der Waals surface area contributed by atoms with Crippen LogP contribution in [0.4, 0.5) is 0 Å². The van der Waals surface area contributed by atoms with Crippen LogP contribution in [0.2, 0.25) is 0 Å². The van der Waals surface area contributed by atoms with Crippen molar-refractivity contribution < 1.29 is 19.0 Å². The summed E-state index contributed by atoms with van der Waals surface area (Å²) in [5, 5.41) is 12.9. The van der Waals surface area contributed by atoms with Gasteiger partial charge in [0.15, 0.2) is 0 Å². The smallest absolute Gasteiger partial charge is 0.262 e. The molecule has 8 heteroatoms. The summed E-state index contributed by atoms with van der Waals surface area (Å²) in [5.41, 5.74) is 3.30. The highest BCUT2D eigenvalue weighted by molar-refractivity contribution is 9.10. The van der Waals surface area contributed by atoms with Gasteiger partial charge < -0.3 is 4.84 Å². The third-order valence-electron chi connectivity index (χ3n) is 3.74. The lowest BCUT2D eigenvalue weighted by atomic mass is 9.96. The van der Waals surface area contributed by atoms with E-state index in [1.807, 2.05) is 24.3 Å². The minimum Gasteiger partial charge on any atom is -0.392 e. The zero-order valence-corrected chi connectivity index (χ0v) is 14.6. The fourth-order valence-electron chi connectivity index (χ4n) is 2.24. The maximum Gasteiger partial charge on any atom is 0.262 e. The van der Waals surface area contributed by atoms with Gasteiger partial charge in [-0.2, -0.15) is 0 Å². The molecule has 0 saturated heterocycles. The first kappa shape index (κ1) is 17.1. The molecule has 1 aliphatic rings. The third kappa shape index (κ3) is 3.56. The summed E-state index contributed by atoms with van der Waals surface area (Å²) in [6, 6.07) is 7.67. The van der Waals surface area contributed by atoms with Crippen LogP contribution in [-0.4, -0.2) is 38.1 Å². The summed E-state index contributed by atoms with van der Waals surface area (Å²) in [7, 11) is -1.46. The van der Waals surface area contributed by atoms with E-state index in [9.17, 15) is 9.00 Å². The SMILES string of the molecule is CS(=O)C(C)(CC1CC(c2ccc(Br)cc2)=NO1)C(=O)NO. The summed E-state index contributed by atoms with van der Waals surface area (Å²) in [6.45, 7) is 1.54. The second kappa shape index (κ2) is 6.89. The van der Waals surface area contributed by atoms with Gasteiger partial charge in [-0.05, 0) is 24.6 Å². The first-order valence-electron chi connectivity index (χ1n) is 6.63. The van der Waals surface area contributed by atoms with Gasteiger partial charge in [-0.1, -0.05) is 33.2 Å². The van der Waals surface area contributed by atoms with Crippen molar-refractivity contribution in [2.45, 2.75) is 30.6 Å². The minimum atomic E-state index is -1.46. The van der Waals surface area contributed by atoms with Crippen molar-refractivity contribution in [2.75, 3.05) is 6.26 Å². The van der Waals surface area contributed by atoms with Gasteiger partial charge in [-0.25, -0.2) is 5.48 Å². The van der Waals surface area contributed by atoms with E-state index in [4.69, 9.17) is 10.0 Å². The number of halogens is 1. The number of carbonyl (C=O) groups is 1. The van der Waals surface area contributed by atoms with E-state index in [1.165, 1.54) is 13.2 Å². The molecule has 120 valence electrons. The average molecular weight is 389 g/mol. The molecule has 2 rings (SSSR count). The van der Waals surface area contributed by atoms with Crippen LogP contribution in [0.25, 0.3) is 0 Å². The van der Waals surface area contributed by atoms with Crippen molar-refractivity contribution in [1.29, 1.82) is 0 Å². The van der Waals surface area contributed by atoms with Crippen LogP contribution >= 0.6 is 15.9 Å². The van der Waals surface area contributed by atoms with Crippen LogP contribution < -0.4 is 5.48 Å². The number of hydroxylamine groups is 1. The number of hydrogen-bond acceptors (Lipinski definition) is 5. The molecule has 0 fully saturated rings. The van der Waals surface area contributed by atoms with Crippen molar-refractivity contribution >= 4 is 38.3 Å². The summed E-state index contributed by atoms with van der Waals surface area (Å²) < 4.78 is 11.6. The lowest BCUT2D eigenvalue weighted by Crippen LogP contribution is -2.48. The molecule has 1 aromatic carbocycles. The maximum atomic E-state index is 11.9. The number of hydrogen-bond donors (Lipinski definition) is 2. The number of nitrogens with zero attached hydrogens (tertiary/aromatic N) is 1. The van der Waals surface area contributed by atoms with Crippen molar-refractivity contribution in [3.8, 4) is 0 Å². The Kier molecular flexibility index (Phi) is 5.36. The molecular weight excluding hydrogens is 372 g/mol. The van der Waals surface area contributed by atoms with E-state index in [0.29, 0.717) is 6.42 Å². The number of amides is 1. The molecule has 0 bridgehead atoms. The molecule has 3 unspecified atom stereocenters. The van der Waals surface area contributed by atoms with Crippen LogP contribution in [-0.2, 0) is 20.4 Å².